The molecule has 2 aromatic carbocycles. The highest BCUT2D eigenvalue weighted by Crippen LogP contribution is 2.49. The number of benzene rings is 2. The molecule has 4 rings (SSSR count). The van der Waals surface area contributed by atoms with Crippen molar-refractivity contribution < 1.29 is 14.3 Å². The third kappa shape index (κ3) is 4.46. The van der Waals surface area contributed by atoms with E-state index in [1.54, 1.807) is 14.2 Å². The van der Waals surface area contributed by atoms with Crippen LogP contribution in [0, 0.1) is 0 Å². The second kappa shape index (κ2) is 9.74. The van der Waals surface area contributed by atoms with Gasteiger partial charge in [-0.15, -0.1) is 0 Å². The summed E-state index contributed by atoms with van der Waals surface area (Å²) < 4.78 is 10.7. The molecule has 0 aromatic heterocycles. The van der Waals surface area contributed by atoms with Crippen LogP contribution in [0.15, 0.2) is 54.6 Å². The molecule has 1 aliphatic carbocycles. The number of urea groups is 1. The third-order valence-corrected chi connectivity index (χ3v) is 7.79. The van der Waals surface area contributed by atoms with Gasteiger partial charge in [-0.2, -0.15) is 0 Å². The van der Waals surface area contributed by atoms with E-state index in [2.05, 4.69) is 54.2 Å². The van der Waals surface area contributed by atoms with Crippen molar-refractivity contribution in [1.82, 2.24) is 14.7 Å². The van der Waals surface area contributed by atoms with E-state index in [-0.39, 0.29) is 17.1 Å². The first-order valence-electron chi connectivity index (χ1n) is 11.9. The highest BCUT2D eigenvalue weighted by atomic mass is 16.5. The molecule has 0 bridgehead atoms. The molecule has 0 N–H and O–H groups in total. The monoisotopic (exact) mass is 451 g/mol. The molecule has 2 aliphatic rings. The summed E-state index contributed by atoms with van der Waals surface area (Å²) in [5.74, 6) is 0.831. The van der Waals surface area contributed by atoms with Gasteiger partial charge in [-0.3, -0.25) is 4.90 Å². The van der Waals surface area contributed by atoms with Crippen LogP contribution in [-0.4, -0.2) is 74.3 Å². The summed E-state index contributed by atoms with van der Waals surface area (Å²) in [4.78, 5) is 20.0. The molecule has 1 aliphatic heterocycles. The van der Waals surface area contributed by atoms with Crippen LogP contribution in [0.25, 0.3) is 0 Å². The number of amides is 2. The number of carbonyl (C=O) groups excluding carboxylic acids is 1. The molecule has 0 unspecified atom stereocenters. The van der Waals surface area contributed by atoms with Crippen molar-refractivity contribution in [2.24, 2.45) is 0 Å². The molecular formula is C27H37N3O3. The molecule has 0 radical (unpaired) electrons. The average Bonchev–Trinajstić information content (AvgIpc) is 3.09. The second-order valence-corrected chi connectivity index (χ2v) is 9.65. The minimum absolute atomic E-state index is 0.00584. The second-order valence-electron chi connectivity index (χ2n) is 9.65. The molecule has 1 saturated heterocycles. The van der Waals surface area contributed by atoms with Crippen molar-refractivity contribution in [3.05, 3.63) is 65.7 Å². The van der Waals surface area contributed by atoms with Crippen molar-refractivity contribution >= 4 is 6.03 Å². The van der Waals surface area contributed by atoms with E-state index in [1.807, 2.05) is 29.2 Å². The third-order valence-electron chi connectivity index (χ3n) is 7.79. The van der Waals surface area contributed by atoms with E-state index in [1.165, 1.54) is 5.56 Å². The fraction of sp³-hybridized carbons (Fsp3) is 0.519. The number of hydrogen-bond acceptors (Lipinski definition) is 4. The summed E-state index contributed by atoms with van der Waals surface area (Å²) in [5.41, 5.74) is 2.35. The Morgan fingerprint density at radius 1 is 0.939 bits per heavy atom. The van der Waals surface area contributed by atoms with Gasteiger partial charge in [0.1, 0.15) is 5.75 Å². The Balaban J connectivity index is 1.56. The number of methoxy groups -OCH3 is 2. The normalized spacial score (nSPS) is 25.3. The molecule has 6 heteroatoms. The van der Waals surface area contributed by atoms with Gasteiger partial charge in [0.2, 0.25) is 0 Å². The van der Waals surface area contributed by atoms with Gasteiger partial charge in [-0.05, 0) is 63.0 Å². The van der Waals surface area contributed by atoms with Crippen LogP contribution in [-0.2, 0) is 16.8 Å². The summed E-state index contributed by atoms with van der Waals surface area (Å²) in [5, 5.41) is 0. The lowest BCUT2D eigenvalue weighted by atomic mass is 9.68. The van der Waals surface area contributed by atoms with Gasteiger partial charge in [0, 0.05) is 32.3 Å². The number of hydrogen-bond donors (Lipinski definition) is 0. The maximum absolute atomic E-state index is 13.5. The summed E-state index contributed by atoms with van der Waals surface area (Å²) in [6.07, 6.45) is 4.01. The van der Waals surface area contributed by atoms with Gasteiger partial charge < -0.3 is 19.3 Å². The molecule has 2 amide bonds. The summed E-state index contributed by atoms with van der Waals surface area (Å²) in [6, 6.07) is 19.0. The van der Waals surface area contributed by atoms with Crippen LogP contribution >= 0.6 is 0 Å². The number of carbonyl (C=O) groups is 1. The highest BCUT2D eigenvalue weighted by Gasteiger charge is 2.54. The number of rotatable bonds is 8. The van der Waals surface area contributed by atoms with E-state index in [4.69, 9.17) is 9.47 Å². The first kappa shape index (κ1) is 23.6. The van der Waals surface area contributed by atoms with E-state index in [0.717, 1.165) is 43.5 Å². The van der Waals surface area contributed by atoms with Crippen LogP contribution in [0.2, 0.25) is 0 Å². The van der Waals surface area contributed by atoms with Gasteiger partial charge in [-0.25, -0.2) is 4.79 Å². The minimum Gasteiger partial charge on any atom is -0.497 e. The zero-order chi connectivity index (χ0) is 23.5. The van der Waals surface area contributed by atoms with Gasteiger partial charge >= 0.3 is 6.03 Å². The smallest absolute Gasteiger partial charge is 0.320 e. The molecule has 1 heterocycles. The Morgan fingerprint density at radius 3 is 2.18 bits per heavy atom. The van der Waals surface area contributed by atoms with Crippen LogP contribution in [0.3, 0.4) is 0 Å². The zero-order valence-corrected chi connectivity index (χ0v) is 20.4. The molecule has 2 fully saturated rings. The molecule has 6 nitrogen and oxygen atoms in total. The Labute approximate surface area is 198 Å². The number of ether oxygens (including phenoxy) is 2. The van der Waals surface area contributed by atoms with E-state index in [9.17, 15) is 4.79 Å². The maximum atomic E-state index is 13.5. The topological polar surface area (TPSA) is 45.3 Å². The van der Waals surface area contributed by atoms with Crippen molar-refractivity contribution in [2.75, 3.05) is 48.0 Å². The molecule has 178 valence electrons. The Hall–Kier alpha value is -2.57. The molecular weight excluding hydrogens is 414 g/mol. The Morgan fingerprint density at radius 2 is 1.61 bits per heavy atom. The van der Waals surface area contributed by atoms with Gasteiger partial charge in [0.25, 0.3) is 0 Å². The lowest BCUT2D eigenvalue weighted by Gasteiger charge is -2.51. The molecule has 2 aromatic rings. The molecule has 1 spiro atoms. The fourth-order valence-electron chi connectivity index (χ4n) is 5.77. The number of nitrogens with zero attached hydrogens (tertiary/aromatic N) is 3. The van der Waals surface area contributed by atoms with Crippen LogP contribution in [0.5, 0.6) is 5.75 Å². The predicted molar refractivity (Wildman–Crippen MR) is 130 cm³/mol. The first-order chi connectivity index (χ1) is 15.9. The minimum atomic E-state index is -0.142. The summed E-state index contributed by atoms with van der Waals surface area (Å²) in [7, 11) is 7.74. The summed E-state index contributed by atoms with van der Waals surface area (Å²) in [6.45, 7) is 2.57. The highest BCUT2D eigenvalue weighted by molar-refractivity contribution is 5.78. The van der Waals surface area contributed by atoms with E-state index in [0.29, 0.717) is 19.7 Å². The first-order valence-corrected chi connectivity index (χ1v) is 11.9. The van der Waals surface area contributed by atoms with Gasteiger partial charge in [0.05, 0.1) is 19.3 Å². The predicted octanol–water partition coefficient (Wildman–Crippen LogP) is 4.35. The Bertz CT molecular complexity index is 921. The SMILES string of the molecule is COCCN1C(=O)N(Cc2ccc(OC)cc2)C[C@]12CC[C@@](c1ccccc1)(N(C)C)CC2. The van der Waals surface area contributed by atoms with Crippen LogP contribution < -0.4 is 4.74 Å². The van der Waals surface area contributed by atoms with Crippen LogP contribution in [0.1, 0.15) is 36.8 Å². The van der Waals surface area contributed by atoms with Crippen LogP contribution in [0.4, 0.5) is 4.79 Å². The quantitative estimate of drug-likeness (QED) is 0.599. The van der Waals surface area contributed by atoms with E-state index < -0.39 is 0 Å². The average molecular weight is 452 g/mol. The van der Waals surface area contributed by atoms with Crippen molar-refractivity contribution in [3.63, 3.8) is 0 Å². The largest absolute Gasteiger partial charge is 0.497 e. The summed E-state index contributed by atoms with van der Waals surface area (Å²) >= 11 is 0. The van der Waals surface area contributed by atoms with Crippen molar-refractivity contribution in [2.45, 2.75) is 43.3 Å². The molecule has 0 atom stereocenters. The van der Waals surface area contributed by atoms with Crippen molar-refractivity contribution in [3.8, 4) is 5.75 Å². The fourth-order valence-corrected chi connectivity index (χ4v) is 5.77. The standard InChI is InChI=1S/C27H37N3O3/c1-28(2)27(23-8-6-5-7-9-23)16-14-26(15-17-27)21-29(25(31)30(26)18-19-32-3)20-22-10-12-24(33-4)13-11-22/h5-13H,14-21H2,1-4H3/t26-,27-. The van der Waals surface area contributed by atoms with Crippen molar-refractivity contribution in [1.29, 1.82) is 0 Å². The Kier molecular flexibility index (Phi) is 6.96. The lowest BCUT2D eigenvalue weighted by Crippen LogP contribution is -2.56. The lowest BCUT2D eigenvalue weighted by molar-refractivity contribution is 0.0175. The maximum Gasteiger partial charge on any atom is 0.320 e. The zero-order valence-electron chi connectivity index (χ0n) is 20.4. The van der Waals surface area contributed by atoms with Gasteiger partial charge in [-0.1, -0.05) is 42.5 Å². The molecule has 33 heavy (non-hydrogen) atoms. The van der Waals surface area contributed by atoms with E-state index >= 15 is 0 Å². The van der Waals surface area contributed by atoms with Gasteiger partial charge in [0.15, 0.2) is 0 Å². The molecule has 1 saturated carbocycles.